The van der Waals surface area contributed by atoms with E-state index < -0.39 is 0 Å². The molecule has 0 aliphatic carbocycles. The van der Waals surface area contributed by atoms with Gasteiger partial charge in [-0.15, -0.1) is 12.4 Å². The van der Waals surface area contributed by atoms with Crippen molar-refractivity contribution in [3.05, 3.63) is 59.2 Å². The van der Waals surface area contributed by atoms with E-state index in [9.17, 15) is 4.79 Å². The number of nitrogens with one attached hydrogen (secondary N) is 1. The van der Waals surface area contributed by atoms with Crippen LogP contribution >= 0.6 is 12.4 Å². The summed E-state index contributed by atoms with van der Waals surface area (Å²) in [6, 6.07) is 13.7. The second-order valence-electron chi connectivity index (χ2n) is 6.42. The Hall–Kier alpha value is -2.20. The minimum atomic E-state index is 0. The lowest BCUT2D eigenvalue weighted by molar-refractivity contribution is -0.121. The molecule has 0 spiro atoms. The monoisotopic (exact) mass is 376 g/mol. The first kappa shape index (κ1) is 21.8. The number of halogens is 1. The van der Waals surface area contributed by atoms with Gasteiger partial charge >= 0.3 is 0 Å². The van der Waals surface area contributed by atoms with Gasteiger partial charge in [0.2, 0.25) is 5.91 Å². The van der Waals surface area contributed by atoms with Gasteiger partial charge < -0.3 is 15.8 Å². The van der Waals surface area contributed by atoms with Crippen LogP contribution in [0.1, 0.15) is 43.4 Å². The summed E-state index contributed by atoms with van der Waals surface area (Å²) in [7, 11) is 0. The van der Waals surface area contributed by atoms with E-state index in [-0.39, 0.29) is 24.4 Å². The predicted molar refractivity (Wildman–Crippen MR) is 110 cm³/mol. The number of benzene rings is 2. The Balaban J connectivity index is 0.00000338. The van der Waals surface area contributed by atoms with Gasteiger partial charge in [0.25, 0.3) is 0 Å². The van der Waals surface area contributed by atoms with Crippen LogP contribution in [-0.4, -0.2) is 12.0 Å². The molecule has 0 bridgehead atoms. The van der Waals surface area contributed by atoms with Crippen LogP contribution in [0.5, 0.6) is 5.75 Å². The molecule has 2 aromatic rings. The van der Waals surface area contributed by atoms with Crippen molar-refractivity contribution in [2.24, 2.45) is 0 Å². The van der Waals surface area contributed by atoms with Gasteiger partial charge in [-0.25, -0.2) is 0 Å². The minimum Gasteiger partial charge on any atom is -0.490 e. The Morgan fingerprint density at radius 2 is 1.92 bits per heavy atom. The van der Waals surface area contributed by atoms with E-state index in [1.165, 1.54) is 0 Å². The molecule has 0 heterocycles. The molecule has 1 atom stereocenters. The van der Waals surface area contributed by atoms with Crippen LogP contribution in [0.3, 0.4) is 0 Å². The number of nitrogens with two attached hydrogens (primary N) is 1. The summed E-state index contributed by atoms with van der Waals surface area (Å²) < 4.78 is 5.98. The number of nitrogen functional groups attached to an aromatic ring is 1. The molecular formula is C21H29ClN2O2. The maximum absolute atomic E-state index is 12.2. The van der Waals surface area contributed by atoms with Gasteiger partial charge in [0, 0.05) is 24.2 Å². The summed E-state index contributed by atoms with van der Waals surface area (Å²) in [5, 5.41) is 2.98. The number of aryl methyl sites for hydroxylation is 2. The molecule has 0 saturated carbocycles. The van der Waals surface area contributed by atoms with Crippen molar-refractivity contribution >= 4 is 24.0 Å². The van der Waals surface area contributed by atoms with Gasteiger partial charge in [-0.2, -0.15) is 0 Å². The van der Waals surface area contributed by atoms with Gasteiger partial charge in [-0.1, -0.05) is 37.3 Å². The Morgan fingerprint density at radius 1 is 1.19 bits per heavy atom. The Bertz CT molecular complexity index is 719. The van der Waals surface area contributed by atoms with Crippen LogP contribution < -0.4 is 15.8 Å². The SMILES string of the molecule is CCC(C)Oc1cc(C)ccc1CNC(=O)CCc1ccccc1N.Cl. The summed E-state index contributed by atoms with van der Waals surface area (Å²) in [5.74, 6) is 0.861. The van der Waals surface area contributed by atoms with E-state index in [1.54, 1.807) is 0 Å². The fourth-order valence-corrected chi connectivity index (χ4v) is 2.51. The van der Waals surface area contributed by atoms with E-state index in [4.69, 9.17) is 10.5 Å². The van der Waals surface area contributed by atoms with Gasteiger partial charge in [-0.3, -0.25) is 4.79 Å². The molecule has 1 amide bonds. The molecule has 0 aliphatic rings. The van der Waals surface area contributed by atoms with Gasteiger partial charge in [-0.05, 0) is 49.9 Å². The van der Waals surface area contributed by atoms with Crippen molar-refractivity contribution in [2.45, 2.75) is 52.7 Å². The summed E-state index contributed by atoms with van der Waals surface area (Å²) in [6.07, 6.45) is 2.15. The first-order valence-electron chi connectivity index (χ1n) is 8.85. The summed E-state index contributed by atoms with van der Waals surface area (Å²) in [5.41, 5.74) is 9.80. The second-order valence-corrected chi connectivity index (χ2v) is 6.42. The van der Waals surface area contributed by atoms with E-state index in [0.717, 1.165) is 34.5 Å². The van der Waals surface area contributed by atoms with Crippen molar-refractivity contribution in [1.82, 2.24) is 5.32 Å². The third-order valence-electron chi connectivity index (χ3n) is 4.28. The normalized spacial score (nSPS) is 11.3. The number of hydrogen-bond acceptors (Lipinski definition) is 3. The number of rotatable bonds is 8. The summed E-state index contributed by atoms with van der Waals surface area (Å²) in [6.45, 7) is 6.65. The standard InChI is InChI=1S/C21H28N2O2.ClH/c1-4-16(3)25-20-13-15(2)9-10-18(20)14-23-21(24)12-11-17-7-5-6-8-19(17)22;/h5-10,13,16H,4,11-12,14,22H2,1-3H3,(H,23,24);1H. The highest BCUT2D eigenvalue weighted by molar-refractivity contribution is 5.85. The Kier molecular flexibility index (Phi) is 9.00. The maximum atomic E-state index is 12.2. The molecule has 0 aliphatic heterocycles. The third-order valence-corrected chi connectivity index (χ3v) is 4.28. The Morgan fingerprint density at radius 3 is 2.62 bits per heavy atom. The van der Waals surface area contributed by atoms with Crippen molar-refractivity contribution in [2.75, 3.05) is 5.73 Å². The topological polar surface area (TPSA) is 64.3 Å². The van der Waals surface area contributed by atoms with E-state index in [0.29, 0.717) is 19.4 Å². The van der Waals surface area contributed by atoms with Crippen molar-refractivity contribution in [1.29, 1.82) is 0 Å². The summed E-state index contributed by atoms with van der Waals surface area (Å²) >= 11 is 0. The molecule has 2 rings (SSSR count). The average molecular weight is 377 g/mol. The lowest BCUT2D eigenvalue weighted by atomic mass is 10.1. The van der Waals surface area contributed by atoms with E-state index in [1.807, 2.05) is 49.4 Å². The zero-order valence-electron chi connectivity index (χ0n) is 15.7. The molecular weight excluding hydrogens is 348 g/mol. The lowest BCUT2D eigenvalue weighted by Gasteiger charge is -2.17. The zero-order valence-corrected chi connectivity index (χ0v) is 16.6. The van der Waals surface area contributed by atoms with Crippen molar-refractivity contribution in [3.63, 3.8) is 0 Å². The fourth-order valence-electron chi connectivity index (χ4n) is 2.51. The average Bonchev–Trinajstić information content (AvgIpc) is 2.60. The third kappa shape index (κ3) is 6.60. The largest absolute Gasteiger partial charge is 0.490 e. The van der Waals surface area contributed by atoms with Gasteiger partial charge in [0.15, 0.2) is 0 Å². The fraction of sp³-hybridized carbons (Fsp3) is 0.381. The van der Waals surface area contributed by atoms with Crippen LogP contribution in [0, 0.1) is 6.92 Å². The van der Waals surface area contributed by atoms with Gasteiger partial charge in [0.1, 0.15) is 5.75 Å². The van der Waals surface area contributed by atoms with E-state index in [2.05, 4.69) is 19.2 Å². The number of carbonyl (C=O) groups excluding carboxylic acids is 1. The molecule has 4 nitrogen and oxygen atoms in total. The number of ether oxygens (including phenoxy) is 1. The molecule has 0 fully saturated rings. The Labute approximate surface area is 162 Å². The quantitative estimate of drug-likeness (QED) is 0.670. The molecule has 0 saturated heterocycles. The van der Waals surface area contributed by atoms with Crippen LogP contribution in [-0.2, 0) is 17.8 Å². The molecule has 2 aromatic carbocycles. The predicted octanol–water partition coefficient (Wildman–Crippen LogP) is 4.43. The highest BCUT2D eigenvalue weighted by Gasteiger charge is 2.10. The van der Waals surface area contributed by atoms with Crippen LogP contribution in [0.4, 0.5) is 5.69 Å². The lowest BCUT2D eigenvalue weighted by Crippen LogP contribution is -2.24. The number of anilines is 1. The van der Waals surface area contributed by atoms with E-state index >= 15 is 0 Å². The van der Waals surface area contributed by atoms with Crippen molar-refractivity contribution < 1.29 is 9.53 Å². The van der Waals surface area contributed by atoms with Crippen LogP contribution in [0.15, 0.2) is 42.5 Å². The highest BCUT2D eigenvalue weighted by Crippen LogP contribution is 2.22. The number of amides is 1. The smallest absolute Gasteiger partial charge is 0.220 e. The molecule has 3 N–H and O–H groups in total. The van der Waals surface area contributed by atoms with Crippen LogP contribution in [0.2, 0.25) is 0 Å². The van der Waals surface area contributed by atoms with Crippen molar-refractivity contribution in [3.8, 4) is 5.75 Å². The number of carbonyl (C=O) groups is 1. The maximum Gasteiger partial charge on any atom is 0.220 e. The summed E-state index contributed by atoms with van der Waals surface area (Å²) in [4.78, 5) is 12.2. The first-order valence-corrected chi connectivity index (χ1v) is 8.85. The minimum absolute atomic E-state index is 0. The van der Waals surface area contributed by atoms with Crippen LogP contribution in [0.25, 0.3) is 0 Å². The highest BCUT2D eigenvalue weighted by atomic mass is 35.5. The molecule has 26 heavy (non-hydrogen) atoms. The number of hydrogen-bond donors (Lipinski definition) is 2. The molecule has 142 valence electrons. The molecule has 1 unspecified atom stereocenters. The molecule has 5 heteroatoms. The van der Waals surface area contributed by atoms with Gasteiger partial charge in [0.05, 0.1) is 6.10 Å². The second kappa shape index (κ2) is 10.7. The zero-order chi connectivity index (χ0) is 18.2. The number of para-hydroxylation sites is 1. The molecule has 0 radical (unpaired) electrons. The first-order chi connectivity index (χ1) is 12.0. The molecule has 0 aromatic heterocycles.